The molecule has 3 rings (SSSR count). The van der Waals surface area contributed by atoms with Crippen LogP contribution in [0.4, 0.5) is 5.69 Å². The molecule has 0 unspecified atom stereocenters. The van der Waals surface area contributed by atoms with Crippen LogP contribution >= 0.6 is 0 Å². The van der Waals surface area contributed by atoms with E-state index in [1.807, 2.05) is 68.4 Å². The summed E-state index contributed by atoms with van der Waals surface area (Å²) in [6, 6.07) is 21.4. The lowest BCUT2D eigenvalue weighted by Gasteiger charge is -2.09. The Bertz CT molecular complexity index is 860. The Morgan fingerprint density at radius 2 is 1.74 bits per heavy atom. The van der Waals surface area contributed by atoms with Gasteiger partial charge in [0.2, 0.25) is 5.88 Å². The Balaban J connectivity index is 1.55. The monoisotopic (exact) mass is 361 g/mol. The molecule has 2 aromatic carbocycles. The lowest BCUT2D eigenvalue weighted by Crippen LogP contribution is -2.30. The Morgan fingerprint density at radius 3 is 2.37 bits per heavy atom. The molecule has 0 fully saturated rings. The highest BCUT2D eigenvalue weighted by Crippen LogP contribution is 2.20. The van der Waals surface area contributed by atoms with Crippen molar-refractivity contribution >= 4 is 11.6 Å². The van der Waals surface area contributed by atoms with E-state index in [-0.39, 0.29) is 11.9 Å². The van der Waals surface area contributed by atoms with E-state index in [1.54, 1.807) is 12.1 Å². The van der Waals surface area contributed by atoms with Crippen LogP contribution in [0.15, 0.2) is 72.9 Å². The summed E-state index contributed by atoms with van der Waals surface area (Å²) in [7, 11) is 0. The van der Waals surface area contributed by atoms with Crippen LogP contribution in [0, 0.1) is 0 Å². The zero-order valence-corrected chi connectivity index (χ0v) is 15.5. The number of hydrogen-bond acceptors (Lipinski definition) is 4. The van der Waals surface area contributed by atoms with Crippen LogP contribution in [0.2, 0.25) is 0 Å². The smallest absolute Gasteiger partial charge is 0.253 e. The van der Waals surface area contributed by atoms with Crippen molar-refractivity contribution in [3.05, 3.63) is 84.1 Å². The minimum absolute atomic E-state index is 0.0864. The first-order valence-corrected chi connectivity index (χ1v) is 8.93. The second kappa shape index (κ2) is 8.85. The zero-order valence-electron chi connectivity index (χ0n) is 15.5. The van der Waals surface area contributed by atoms with E-state index >= 15 is 0 Å². The molecule has 5 nitrogen and oxygen atoms in total. The number of nitrogens with one attached hydrogen (secondary N) is 2. The molecule has 138 valence electrons. The number of nitrogens with zero attached hydrogens (tertiary/aromatic N) is 1. The van der Waals surface area contributed by atoms with Gasteiger partial charge < -0.3 is 15.4 Å². The number of rotatable bonds is 7. The van der Waals surface area contributed by atoms with Crippen LogP contribution < -0.4 is 15.4 Å². The molecule has 0 saturated carbocycles. The van der Waals surface area contributed by atoms with E-state index in [4.69, 9.17) is 4.74 Å². The summed E-state index contributed by atoms with van der Waals surface area (Å²) in [4.78, 5) is 16.1. The van der Waals surface area contributed by atoms with E-state index in [9.17, 15) is 4.79 Å². The highest BCUT2D eigenvalue weighted by molar-refractivity contribution is 5.94. The molecule has 1 aromatic heterocycles. The van der Waals surface area contributed by atoms with Crippen molar-refractivity contribution in [2.24, 2.45) is 0 Å². The predicted octanol–water partition coefficient (Wildman–Crippen LogP) is 4.62. The number of para-hydroxylation sites is 1. The minimum atomic E-state index is -0.140. The zero-order chi connectivity index (χ0) is 19.1. The fourth-order valence-corrected chi connectivity index (χ4v) is 2.48. The summed E-state index contributed by atoms with van der Waals surface area (Å²) in [6.45, 7) is 4.58. The van der Waals surface area contributed by atoms with Gasteiger partial charge in [0.25, 0.3) is 5.91 Å². The first kappa shape index (κ1) is 18.5. The van der Waals surface area contributed by atoms with Gasteiger partial charge in [0.15, 0.2) is 0 Å². The quantitative estimate of drug-likeness (QED) is 0.644. The number of benzene rings is 2. The Morgan fingerprint density at radius 1 is 1.00 bits per heavy atom. The summed E-state index contributed by atoms with van der Waals surface area (Å²) in [5.74, 6) is 1.01. The third-order valence-corrected chi connectivity index (χ3v) is 3.83. The maximum absolute atomic E-state index is 11.9. The van der Waals surface area contributed by atoms with Gasteiger partial charge in [0.05, 0.1) is 5.56 Å². The van der Waals surface area contributed by atoms with E-state index in [2.05, 4.69) is 15.6 Å². The normalized spacial score (nSPS) is 10.5. The van der Waals surface area contributed by atoms with Gasteiger partial charge in [-0.05, 0) is 49.7 Å². The van der Waals surface area contributed by atoms with Crippen LogP contribution in [0.1, 0.15) is 29.8 Å². The van der Waals surface area contributed by atoms with E-state index in [0.717, 1.165) is 17.8 Å². The molecule has 0 atom stereocenters. The molecule has 0 aliphatic carbocycles. The van der Waals surface area contributed by atoms with E-state index < -0.39 is 0 Å². The Kier molecular flexibility index (Phi) is 6.05. The first-order valence-electron chi connectivity index (χ1n) is 8.93. The Hall–Kier alpha value is -3.34. The van der Waals surface area contributed by atoms with Crippen molar-refractivity contribution in [3.63, 3.8) is 0 Å². The van der Waals surface area contributed by atoms with Gasteiger partial charge >= 0.3 is 0 Å². The van der Waals surface area contributed by atoms with Crippen molar-refractivity contribution < 1.29 is 9.53 Å². The van der Waals surface area contributed by atoms with Crippen LogP contribution in [-0.4, -0.2) is 16.9 Å². The molecule has 0 spiro atoms. The highest BCUT2D eigenvalue weighted by atomic mass is 16.5. The van der Waals surface area contributed by atoms with Gasteiger partial charge in [0, 0.05) is 30.5 Å². The number of pyridine rings is 1. The van der Waals surface area contributed by atoms with Gasteiger partial charge in [-0.1, -0.05) is 30.3 Å². The SMILES string of the molecule is CC(C)NC(=O)c1ccc(Oc2ccc(CNc3ccccc3)cc2)nc1. The fourth-order valence-electron chi connectivity index (χ4n) is 2.48. The third-order valence-electron chi connectivity index (χ3n) is 3.83. The molecule has 0 radical (unpaired) electrons. The first-order chi connectivity index (χ1) is 13.1. The topological polar surface area (TPSA) is 63.2 Å². The average molecular weight is 361 g/mol. The molecule has 1 heterocycles. The summed E-state index contributed by atoms with van der Waals surface area (Å²) in [5, 5.41) is 6.20. The maximum Gasteiger partial charge on any atom is 0.253 e. The second-order valence-electron chi connectivity index (χ2n) is 6.48. The number of amides is 1. The number of carbonyl (C=O) groups is 1. The van der Waals surface area contributed by atoms with Crippen molar-refractivity contribution in [3.8, 4) is 11.6 Å². The van der Waals surface area contributed by atoms with Crippen molar-refractivity contribution in [1.29, 1.82) is 0 Å². The van der Waals surface area contributed by atoms with Gasteiger partial charge in [-0.2, -0.15) is 0 Å². The molecule has 5 heteroatoms. The minimum Gasteiger partial charge on any atom is -0.439 e. The lowest BCUT2D eigenvalue weighted by molar-refractivity contribution is 0.0942. The number of carbonyl (C=O) groups excluding carboxylic acids is 1. The van der Waals surface area contributed by atoms with Crippen molar-refractivity contribution in [2.45, 2.75) is 26.4 Å². The van der Waals surface area contributed by atoms with Crippen molar-refractivity contribution in [2.75, 3.05) is 5.32 Å². The van der Waals surface area contributed by atoms with Crippen LogP contribution in [0.3, 0.4) is 0 Å². The molecule has 3 aromatic rings. The molecule has 2 N–H and O–H groups in total. The average Bonchev–Trinajstić information content (AvgIpc) is 2.68. The lowest BCUT2D eigenvalue weighted by atomic mass is 10.2. The fraction of sp³-hybridized carbons (Fsp3) is 0.182. The largest absolute Gasteiger partial charge is 0.439 e. The highest BCUT2D eigenvalue weighted by Gasteiger charge is 2.08. The molecule has 0 bridgehead atoms. The summed E-state index contributed by atoms with van der Waals surface area (Å²) < 4.78 is 5.75. The van der Waals surface area contributed by atoms with Gasteiger partial charge in [-0.15, -0.1) is 0 Å². The molecule has 27 heavy (non-hydrogen) atoms. The van der Waals surface area contributed by atoms with E-state index in [0.29, 0.717) is 17.2 Å². The van der Waals surface area contributed by atoms with Gasteiger partial charge in [-0.3, -0.25) is 4.79 Å². The third kappa shape index (κ3) is 5.57. The second-order valence-corrected chi connectivity index (χ2v) is 6.48. The van der Waals surface area contributed by atoms with Crippen molar-refractivity contribution in [1.82, 2.24) is 10.3 Å². The number of hydrogen-bond donors (Lipinski definition) is 2. The summed E-state index contributed by atoms with van der Waals surface area (Å²) in [5.41, 5.74) is 2.75. The Labute approximate surface area is 159 Å². The summed E-state index contributed by atoms with van der Waals surface area (Å²) >= 11 is 0. The van der Waals surface area contributed by atoms with Gasteiger partial charge in [0.1, 0.15) is 5.75 Å². The molecule has 0 saturated heterocycles. The van der Waals surface area contributed by atoms with E-state index in [1.165, 1.54) is 6.20 Å². The molecule has 0 aliphatic heterocycles. The number of ether oxygens (including phenoxy) is 1. The molecular formula is C22H23N3O2. The van der Waals surface area contributed by atoms with Gasteiger partial charge in [-0.25, -0.2) is 4.98 Å². The summed E-state index contributed by atoms with van der Waals surface area (Å²) in [6.07, 6.45) is 1.52. The number of anilines is 1. The predicted molar refractivity (Wildman–Crippen MR) is 107 cm³/mol. The van der Waals surface area contributed by atoms with Crippen LogP contribution in [-0.2, 0) is 6.54 Å². The maximum atomic E-state index is 11.9. The van der Waals surface area contributed by atoms with Crippen LogP contribution in [0.25, 0.3) is 0 Å². The van der Waals surface area contributed by atoms with Crippen LogP contribution in [0.5, 0.6) is 11.6 Å². The number of aromatic nitrogens is 1. The molecule has 1 amide bonds. The molecule has 0 aliphatic rings. The standard InChI is InChI=1S/C22H23N3O2/c1-16(2)25-22(26)18-10-13-21(24-15-18)27-20-11-8-17(9-12-20)14-23-19-6-4-3-5-7-19/h3-13,15-16,23H,14H2,1-2H3,(H,25,26). The molecular weight excluding hydrogens is 338 g/mol.